The monoisotopic (exact) mass is 410 g/mol. The fraction of sp³-hybridized carbons (Fsp3) is 0.458. The number of benzene rings is 2. The van der Waals surface area contributed by atoms with Crippen LogP contribution in [0.25, 0.3) is 0 Å². The first-order valence-corrected chi connectivity index (χ1v) is 10.7. The largest absolute Gasteiger partial charge is 0.497 e. The first-order valence-electron chi connectivity index (χ1n) is 10.7. The van der Waals surface area contributed by atoms with Crippen LogP contribution in [0.3, 0.4) is 0 Å². The topological polar surface area (TPSA) is 56.8 Å². The molecule has 0 atom stereocenters. The fourth-order valence-electron chi connectivity index (χ4n) is 3.70. The van der Waals surface area contributed by atoms with Gasteiger partial charge in [-0.05, 0) is 41.3 Å². The van der Waals surface area contributed by atoms with Crippen LogP contribution in [0.1, 0.15) is 25.0 Å². The maximum atomic E-state index is 12.2. The van der Waals surface area contributed by atoms with Crippen molar-refractivity contribution in [2.45, 2.75) is 26.9 Å². The zero-order chi connectivity index (χ0) is 21.3. The highest BCUT2D eigenvalue weighted by Gasteiger charge is 2.17. The molecule has 0 unspecified atom stereocenters. The van der Waals surface area contributed by atoms with Crippen molar-refractivity contribution in [2.24, 2.45) is 5.92 Å². The SMILES string of the molecule is COc1ccc(CNC(=O)Nc2ccc(CN3CCN(CC(C)C)CC3)cc2)cc1. The van der Waals surface area contributed by atoms with Gasteiger partial charge in [0.15, 0.2) is 0 Å². The van der Waals surface area contributed by atoms with E-state index in [9.17, 15) is 4.79 Å². The van der Waals surface area contributed by atoms with Gasteiger partial charge in [0, 0.05) is 51.5 Å². The Bertz CT molecular complexity index is 782. The lowest BCUT2D eigenvalue weighted by Crippen LogP contribution is -2.46. The zero-order valence-electron chi connectivity index (χ0n) is 18.4. The van der Waals surface area contributed by atoms with Gasteiger partial charge >= 0.3 is 6.03 Å². The molecule has 2 aromatic rings. The summed E-state index contributed by atoms with van der Waals surface area (Å²) in [5, 5.41) is 5.77. The molecule has 6 heteroatoms. The number of urea groups is 1. The van der Waals surface area contributed by atoms with Gasteiger partial charge in [-0.3, -0.25) is 4.90 Å². The van der Waals surface area contributed by atoms with Crippen LogP contribution in [0, 0.1) is 5.92 Å². The summed E-state index contributed by atoms with van der Waals surface area (Å²) in [6, 6.07) is 15.6. The quantitative estimate of drug-likeness (QED) is 0.695. The first kappa shape index (κ1) is 22.1. The molecule has 1 heterocycles. The molecule has 1 aliphatic rings. The van der Waals surface area contributed by atoms with Crippen LogP contribution in [0.4, 0.5) is 10.5 Å². The van der Waals surface area contributed by atoms with Gasteiger partial charge in [0.05, 0.1) is 7.11 Å². The molecule has 6 nitrogen and oxygen atoms in total. The number of hydrogen-bond acceptors (Lipinski definition) is 4. The summed E-state index contributed by atoms with van der Waals surface area (Å²) < 4.78 is 5.14. The maximum Gasteiger partial charge on any atom is 0.319 e. The van der Waals surface area contributed by atoms with E-state index in [1.165, 1.54) is 12.1 Å². The number of rotatable bonds is 8. The third kappa shape index (κ3) is 7.04. The van der Waals surface area contributed by atoms with Crippen molar-refractivity contribution in [2.75, 3.05) is 45.2 Å². The van der Waals surface area contributed by atoms with E-state index in [4.69, 9.17) is 4.74 Å². The number of anilines is 1. The second-order valence-electron chi connectivity index (χ2n) is 8.32. The van der Waals surface area contributed by atoms with Gasteiger partial charge in [0.25, 0.3) is 0 Å². The number of amides is 2. The summed E-state index contributed by atoms with van der Waals surface area (Å²) in [7, 11) is 1.64. The van der Waals surface area contributed by atoms with Crippen LogP contribution in [0.5, 0.6) is 5.75 Å². The number of nitrogens with one attached hydrogen (secondary N) is 2. The van der Waals surface area contributed by atoms with E-state index in [1.54, 1.807) is 7.11 Å². The Morgan fingerprint density at radius 3 is 2.13 bits per heavy atom. The van der Waals surface area contributed by atoms with Crippen molar-refractivity contribution in [1.82, 2.24) is 15.1 Å². The summed E-state index contributed by atoms with van der Waals surface area (Å²) in [5.41, 5.74) is 3.10. The Kier molecular flexibility index (Phi) is 8.11. The zero-order valence-corrected chi connectivity index (χ0v) is 18.4. The van der Waals surface area contributed by atoms with Crippen molar-refractivity contribution in [3.63, 3.8) is 0 Å². The van der Waals surface area contributed by atoms with Gasteiger partial charge in [0.1, 0.15) is 5.75 Å². The van der Waals surface area contributed by atoms with Crippen LogP contribution < -0.4 is 15.4 Å². The summed E-state index contributed by atoms with van der Waals surface area (Å²) in [4.78, 5) is 17.2. The van der Waals surface area contributed by atoms with E-state index in [-0.39, 0.29) is 6.03 Å². The van der Waals surface area contributed by atoms with Gasteiger partial charge in [0.2, 0.25) is 0 Å². The molecule has 0 aromatic heterocycles. The van der Waals surface area contributed by atoms with E-state index >= 15 is 0 Å². The van der Waals surface area contributed by atoms with Gasteiger partial charge < -0.3 is 20.3 Å². The van der Waals surface area contributed by atoms with Crippen molar-refractivity contribution < 1.29 is 9.53 Å². The van der Waals surface area contributed by atoms with Crippen LogP contribution in [-0.2, 0) is 13.1 Å². The predicted octanol–water partition coefficient (Wildman–Crippen LogP) is 3.79. The molecule has 30 heavy (non-hydrogen) atoms. The minimum atomic E-state index is -0.208. The van der Waals surface area contributed by atoms with Gasteiger partial charge in [-0.15, -0.1) is 0 Å². The van der Waals surface area contributed by atoms with Crippen LogP contribution in [0.2, 0.25) is 0 Å². The van der Waals surface area contributed by atoms with E-state index in [0.29, 0.717) is 6.54 Å². The van der Waals surface area contributed by atoms with Gasteiger partial charge in [-0.1, -0.05) is 38.1 Å². The standard InChI is InChI=1S/C24H34N4O2/c1-19(2)17-27-12-14-28(15-13-27)18-21-4-8-22(9-5-21)26-24(29)25-16-20-6-10-23(30-3)11-7-20/h4-11,19H,12-18H2,1-3H3,(H2,25,26,29). The number of carbonyl (C=O) groups is 1. The summed E-state index contributed by atoms with van der Waals surface area (Å²) >= 11 is 0. The van der Waals surface area contributed by atoms with Crippen molar-refractivity contribution in [1.29, 1.82) is 0 Å². The van der Waals surface area contributed by atoms with Crippen molar-refractivity contribution in [3.05, 3.63) is 59.7 Å². The minimum Gasteiger partial charge on any atom is -0.497 e. The molecule has 0 bridgehead atoms. The molecule has 3 rings (SSSR count). The van der Waals surface area contributed by atoms with E-state index in [1.807, 2.05) is 36.4 Å². The number of piperazine rings is 1. The Balaban J connectivity index is 1.40. The molecule has 2 aromatic carbocycles. The third-order valence-electron chi connectivity index (χ3n) is 5.32. The number of hydrogen-bond donors (Lipinski definition) is 2. The lowest BCUT2D eigenvalue weighted by molar-refractivity contribution is 0.117. The second-order valence-corrected chi connectivity index (χ2v) is 8.32. The number of nitrogens with zero attached hydrogens (tertiary/aromatic N) is 2. The summed E-state index contributed by atoms with van der Waals surface area (Å²) in [6.07, 6.45) is 0. The van der Waals surface area contributed by atoms with Crippen molar-refractivity contribution in [3.8, 4) is 5.75 Å². The lowest BCUT2D eigenvalue weighted by atomic mass is 10.1. The van der Waals surface area contributed by atoms with E-state index in [0.717, 1.165) is 55.6 Å². The van der Waals surface area contributed by atoms with Gasteiger partial charge in [-0.2, -0.15) is 0 Å². The Morgan fingerprint density at radius 1 is 0.933 bits per heavy atom. The smallest absolute Gasteiger partial charge is 0.319 e. The summed E-state index contributed by atoms with van der Waals surface area (Å²) in [5.74, 6) is 1.53. The second kappa shape index (κ2) is 11.0. The molecule has 0 saturated carbocycles. The van der Waals surface area contributed by atoms with E-state index in [2.05, 4.69) is 46.4 Å². The Hall–Kier alpha value is -2.57. The molecule has 0 aliphatic carbocycles. The maximum absolute atomic E-state index is 12.2. The highest BCUT2D eigenvalue weighted by Crippen LogP contribution is 2.14. The molecule has 162 valence electrons. The number of ether oxygens (including phenoxy) is 1. The molecule has 1 fully saturated rings. The third-order valence-corrected chi connectivity index (χ3v) is 5.32. The highest BCUT2D eigenvalue weighted by atomic mass is 16.5. The molecule has 1 saturated heterocycles. The van der Waals surface area contributed by atoms with E-state index < -0.39 is 0 Å². The van der Waals surface area contributed by atoms with Crippen LogP contribution in [-0.4, -0.2) is 55.7 Å². The average Bonchev–Trinajstić information content (AvgIpc) is 2.75. The molecular weight excluding hydrogens is 376 g/mol. The normalized spacial score (nSPS) is 15.2. The molecule has 1 aliphatic heterocycles. The summed E-state index contributed by atoms with van der Waals surface area (Å²) in [6.45, 7) is 11.7. The van der Waals surface area contributed by atoms with Gasteiger partial charge in [-0.25, -0.2) is 4.79 Å². The highest BCUT2D eigenvalue weighted by molar-refractivity contribution is 5.89. The molecule has 2 amide bonds. The van der Waals surface area contributed by atoms with Crippen molar-refractivity contribution >= 4 is 11.7 Å². The van der Waals surface area contributed by atoms with Crippen LogP contribution in [0.15, 0.2) is 48.5 Å². The molecule has 2 N–H and O–H groups in total. The number of carbonyl (C=O) groups excluding carboxylic acids is 1. The fourth-order valence-corrected chi connectivity index (χ4v) is 3.70. The molecular formula is C24H34N4O2. The molecule has 0 spiro atoms. The number of methoxy groups -OCH3 is 1. The first-order chi connectivity index (χ1) is 14.5. The Labute approximate surface area is 180 Å². The predicted molar refractivity (Wildman–Crippen MR) is 122 cm³/mol. The minimum absolute atomic E-state index is 0.208. The average molecular weight is 411 g/mol. The molecule has 0 radical (unpaired) electrons. The van der Waals surface area contributed by atoms with Crippen LogP contribution >= 0.6 is 0 Å². The lowest BCUT2D eigenvalue weighted by Gasteiger charge is -2.35. The Morgan fingerprint density at radius 2 is 1.53 bits per heavy atom.